The van der Waals surface area contributed by atoms with Crippen LogP contribution in [0.1, 0.15) is 23.1 Å². The lowest BCUT2D eigenvalue weighted by atomic mass is 10.2. The molecule has 27 heavy (non-hydrogen) atoms. The highest BCUT2D eigenvalue weighted by atomic mass is 19.1. The van der Waals surface area contributed by atoms with Gasteiger partial charge in [0.2, 0.25) is 0 Å². The average molecular weight is 366 g/mol. The molecule has 0 radical (unpaired) electrons. The molecule has 0 aliphatic heterocycles. The summed E-state index contributed by atoms with van der Waals surface area (Å²) >= 11 is 0. The molecular formula is C20H19FN4O2. The van der Waals surface area contributed by atoms with E-state index in [1.165, 1.54) is 6.07 Å². The number of hydrogen-bond donors (Lipinski definition) is 2. The van der Waals surface area contributed by atoms with Gasteiger partial charge >= 0.3 is 5.97 Å². The second kappa shape index (κ2) is 8.27. The monoisotopic (exact) mass is 366 g/mol. The summed E-state index contributed by atoms with van der Waals surface area (Å²) < 4.78 is 18.9. The molecule has 0 aliphatic rings. The maximum absolute atomic E-state index is 13.9. The Bertz CT molecular complexity index is 962. The molecule has 2 N–H and O–H groups in total. The number of nitrogens with one attached hydrogen (secondary N) is 2. The maximum Gasteiger partial charge on any atom is 0.340 e. The topological polar surface area (TPSA) is 76.1 Å². The Labute approximate surface area is 156 Å². The number of aryl methyl sites for hydroxylation is 1. The lowest BCUT2D eigenvalue weighted by Gasteiger charge is -2.13. The first-order valence-corrected chi connectivity index (χ1v) is 8.47. The molecule has 0 aliphatic carbocycles. The van der Waals surface area contributed by atoms with Crippen LogP contribution in [0.3, 0.4) is 0 Å². The smallest absolute Gasteiger partial charge is 0.340 e. The third-order valence-electron chi connectivity index (χ3n) is 3.66. The SMILES string of the molecule is CCOC(=O)c1ccccc1Nc1cc(Nc2ccccc2F)nc(C)n1. The van der Waals surface area contributed by atoms with Crippen molar-refractivity contribution in [3.8, 4) is 0 Å². The zero-order chi connectivity index (χ0) is 19.2. The number of para-hydroxylation sites is 2. The number of rotatable bonds is 6. The molecule has 0 saturated carbocycles. The van der Waals surface area contributed by atoms with Crippen LogP contribution in [0.15, 0.2) is 54.6 Å². The number of carbonyl (C=O) groups is 1. The maximum atomic E-state index is 13.9. The molecule has 6 nitrogen and oxygen atoms in total. The van der Waals surface area contributed by atoms with Gasteiger partial charge in [0.1, 0.15) is 23.3 Å². The van der Waals surface area contributed by atoms with Gasteiger partial charge in [0.25, 0.3) is 0 Å². The molecule has 3 rings (SSSR count). The Kier molecular flexibility index (Phi) is 5.61. The van der Waals surface area contributed by atoms with Gasteiger partial charge in [-0.25, -0.2) is 19.2 Å². The van der Waals surface area contributed by atoms with Crippen LogP contribution in [0.5, 0.6) is 0 Å². The van der Waals surface area contributed by atoms with Gasteiger partial charge in [-0.05, 0) is 38.1 Å². The van der Waals surface area contributed by atoms with Crippen LogP contribution in [0.25, 0.3) is 0 Å². The highest BCUT2D eigenvalue weighted by Gasteiger charge is 2.13. The fraction of sp³-hybridized carbons (Fsp3) is 0.150. The largest absolute Gasteiger partial charge is 0.462 e. The molecule has 0 bridgehead atoms. The van der Waals surface area contributed by atoms with Gasteiger partial charge in [-0.1, -0.05) is 24.3 Å². The average Bonchev–Trinajstić information content (AvgIpc) is 2.64. The summed E-state index contributed by atoms with van der Waals surface area (Å²) in [7, 11) is 0. The van der Waals surface area contributed by atoms with E-state index in [2.05, 4.69) is 20.6 Å². The summed E-state index contributed by atoms with van der Waals surface area (Å²) in [5.41, 5.74) is 1.28. The van der Waals surface area contributed by atoms with E-state index in [0.717, 1.165) is 0 Å². The zero-order valence-electron chi connectivity index (χ0n) is 15.0. The number of carbonyl (C=O) groups excluding carboxylic acids is 1. The Morgan fingerprint density at radius 2 is 1.59 bits per heavy atom. The highest BCUT2D eigenvalue weighted by molar-refractivity contribution is 5.96. The molecule has 0 atom stereocenters. The van der Waals surface area contributed by atoms with Gasteiger partial charge < -0.3 is 15.4 Å². The van der Waals surface area contributed by atoms with Crippen LogP contribution in [0.4, 0.5) is 27.4 Å². The third kappa shape index (κ3) is 4.58. The minimum atomic E-state index is -0.420. The molecule has 7 heteroatoms. The first kappa shape index (κ1) is 18.3. The number of anilines is 4. The van der Waals surface area contributed by atoms with Crippen LogP contribution in [0, 0.1) is 12.7 Å². The number of benzene rings is 2. The van der Waals surface area contributed by atoms with Crippen molar-refractivity contribution in [3.05, 3.63) is 71.8 Å². The first-order valence-electron chi connectivity index (χ1n) is 8.47. The number of hydrogen-bond acceptors (Lipinski definition) is 6. The first-order chi connectivity index (χ1) is 13.1. The number of aromatic nitrogens is 2. The van der Waals surface area contributed by atoms with E-state index >= 15 is 0 Å². The summed E-state index contributed by atoms with van der Waals surface area (Å²) in [4.78, 5) is 20.7. The predicted molar refractivity (Wildman–Crippen MR) is 102 cm³/mol. The van der Waals surface area contributed by atoms with Crippen molar-refractivity contribution < 1.29 is 13.9 Å². The summed E-state index contributed by atoms with van der Waals surface area (Å²) in [6.45, 7) is 3.77. The molecule has 1 aromatic heterocycles. The Morgan fingerprint density at radius 1 is 1.00 bits per heavy atom. The fourth-order valence-electron chi connectivity index (χ4n) is 2.51. The van der Waals surface area contributed by atoms with Gasteiger partial charge in [-0.15, -0.1) is 0 Å². The Morgan fingerprint density at radius 3 is 2.26 bits per heavy atom. The molecule has 3 aromatic rings. The minimum Gasteiger partial charge on any atom is -0.462 e. The van der Waals surface area contributed by atoms with E-state index in [9.17, 15) is 9.18 Å². The van der Waals surface area contributed by atoms with Crippen molar-refractivity contribution in [1.29, 1.82) is 0 Å². The molecule has 2 aromatic carbocycles. The number of esters is 1. The van der Waals surface area contributed by atoms with Crippen LogP contribution < -0.4 is 10.6 Å². The third-order valence-corrected chi connectivity index (χ3v) is 3.66. The number of halogens is 1. The van der Waals surface area contributed by atoms with Gasteiger partial charge in [-0.2, -0.15) is 0 Å². The molecule has 0 saturated heterocycles. The summed E-state index contributed by atoms with van der Waals surface area (Å²) in [6, 6.07) is 15.0. The van der Waals surface area contributed by atoms with Gasteiger partial charge in [-0.3, -0.25) is 0 Å². The fourth-order valence-corrected chi connectivity index (χ4v) is 2.51. The standard InChI is InChI=1S/C20H19FN4O2/c1-3-27-20(26)14-8-4-6-10-16(14)24-18-12-19(23-13(2)22-18)25-17-11-7-5-9-15(17)21/h4-12H,3H2,1-2H3,(H2,22,23,24,25). The molecule has 0 fully saturated rings. The lowest BCUT2D eigenvalue weighted by Crippen LogP contribution is -2.09. The van der Waals surface area contributed by atoms with Gasteiger partial charge in [0, 0.05) is 6.07 Å². The van der Waals surface area contributed by atoms with E-state index in [0.29, 0.717) is 34.4 Å². The predicted octanol–water partition coefficient (Wildman–Crippen LogP) is 4.59. The van der Waals surface area contributed by atoms with E-state index in [1.807, 2.05) is 0 Å². The van der Waals surface area contributed by atoms with Crippen LogP contribution >= 0.6 is 0 Å². The van der Waals surface area contributed by atoms with Crippen LogP contribution in [0.2, 0.25) is 0 Å². The number of ether oxygens (including phenoxy) is 1. The Balaban J connectivity index is 1.88. The molecular weight excluding hydrogens is 347 g/mol. The normalized spacial score (nSPS) is 10.3. The van der Waals surface area contributed by atoms with Crippen molar-refractivity contribution in [3.63, 3.8) is 0 Å². The van der Waals surface area contributed by atoms with Crippen molar-refractivity contribution >= 4 is 29.0 Å². The van der Waals surface area contributed by atoms with Crippen molar-refractivity contribution in [2.24, 2.45) is 0 Å². The van der Waals surface area contributed by atoms with Crippen molar-refractivity contribution in [1.82, 2.24) is 9.97 Å². The van der Waals surface area contributed by atoms with Gasteiger partial charge in [0.05, 0.1) is 23.5 Å². The van der Waals surface area contributed by atoms with Crippen molar-refractivity contribution in [2.75, 3.05) is 17.2 Å². The van der Waals surface area contributed by atoms with Crippen LogP contribution in [-0.4, -0.2) is 22.5 Å². The highest BCUT2D eigenvalue weighted by Crippen LogP contribution is 2.24. The van der Waals surface area contributed by atoms with Crippen molar-refractivity contribution in [2.45, 2.75) is 13.8 Å². The van der Waals surface area contributed by atoms with E-state index in [4.69, 9.17) is 4.74 Å². The molecule has 1 heterocycles. The summed E-state index contributed by atoms with van der Waals surface area (Å²) in [6.07, 6.45) is 0. The minimum absolute atomic E-state index is 0.288. The molecule has 0 spiro atoms. The Hall–Kier alpha value is -3.48. The summed E-state index contributed by atoms with van der Waals surface area (Å²) in [5.74, 6) is 0.598. The van der Waals surface area contributed by atoms with E-state index in [1.54, 1.807) is 62.4 Å². The summed E-state index contributed by atoms with van der Waals surface area (Å²) in [5, 5.41) is 6.05. The molecule has 0 amide bonds. The second-order valence-corrected chi connectivity index (χ2v) is 5.68. The zero-order valence-corrected chi connectivity index (χ0v) is 15.0. The quantitative estimate of drug-likeness (QED) is 0.622. The lowest BCUT2D eigenvalue weighted by molar-refractivity contribution is 0.0527. The van der Waals surface area contributed by atoms with E-state index in [-0.39, 0.29) is 12.4 Å². The van der Waals surface area contributed by atoms with E-state index < -0.39 is 5.97 Å². The molecule has 0 unspecified atom stereocenters. The van der Waals surface area contributed by atoms with Crippen LogP contribution in [-0.2, 0) is 4.74 Å². The molecule has 138 valence electrons. The van der Waals surface area contributed by atoms with Gasteiger partial charge in [0.15, 0.2) is 0 Å². The number of nitrogens with zero attached hydrogens (tertiary/aromatic N) is 2. The second-order valence-electron chi connectivity index (χ2n) is 5.68.